The summed E-state index contributed by atoms with van der Waals surface area (Å²) >= 11 is 5.67. The smallest absolute Gasteiger partial charge is 0.245 e. The number of amides is 3. The molecule has 4 atom stereocenters. The van der Waals surface area contributed by atoms with Crippen LogP contribution < -0.4 is 11.1 Å². The van der Waals surface area contributed by atoms with Gasteiger partial charge in [0.05, 0.1) is 10.9 Å². The number of nitrogens with one attached hydrogen (secondary N) is 1. The Balaban J connectivity index is 2.11. The van der Waals surface area contributed by atoms with Gasteiger partial charge < -0.3 is 20.9 Å². The second-order valence-corrected chi connectivity index (χ2v) is 8.74. The van der Waals surface area contributed by atoms with Crippen molar-refractivity contribution in [3.8, 4) is 0 Å². The zero-order valence-corrected chi connectivity index (χ0v) is 19.0. The molecule has 0 bridgehead atoms. The fraction of sp³-hybridized carbons (Fsp3) is 0.762. The Morgan fingerprint density at radius 1 is 1.10 bits per heavy atom. The number of hydrogen-bond acceptors (Lipinski definition) is 5. The number of ketones is 1. The summed E-state index contributed by atoms with van der Waals surface area (Å²) in [5.74, 6) is -1.41. The molecule has 0 radical (unpaired) electrons. The maximum atomic E-state index is 13.4. The topological polar surface area (TPSA) is 113 Å². The summed E-state index contributed by atoms with van der Waals surface area (Å²) in [6.45, 7) is 6.29. The standard InChI is InChI=1S/C21H34N4O4S/c1-4-5-8-15(14(3)26)21(30)25-12-7-10-17(25)20(29)24-11-6-9-16(24)19(28)23-13(2)18(22)27/h13,15-17H,4-12H2,1-3H3,(H2,22,27)(H,23,28)/t13-,15+,16-,17-/m0/s1. The lowest BCUT2D eigenvalue weighted by molar-refractivity contribution is -0.141. The summed E-state index contributed by atoms with van der Waals surface area (Å²) in [6, 6.07) is -1.84. The van der Waals surface area contributed by atoms with Crippen LogP contribution in [0.1, 0.15) is 65.7 Å². The quantitative estimate of drug-likeness (QED) is 0.522. The van der Waals surface area contributed by atoms with E-state index in [0.717, 1.165) is 25.7 Å². The van der Waals surface area contributed by atoms with Crippen molar-refractivity contribution < 1.29 is 19.2 Å². The zero-order chi connectivity index (χ0) is 22.4. The third-order valence-corrected chi connectivity index (χ3v) is 6.60. The van der Waals surface area contributed by atoms with Gasteiger partial charge in [-0.1, -0.05) is 32.0 Å². The van der Waals surface area contributed by atoms with Gasteiger partial charge >= 0.3 is 0 Å². The fourth-order valence-corrected chi connectivity index (χ4v) is 4.77. The Morgan fingerprint density at radius 3 is 2.27 bits per heavy atom. The molecule has 0 saturated carbocycles. The van der Waals surface area contributed by atoms with Crippen molar-refractivity contribution in [3.05, 3.63) is 0 Å². The predicted molar refractivity (Wildman–Crippen MR) is 118 cm³/mol. The van der Waals surface area contributed by atoms with Gasteiger partial charge in [0.25, 0.3) is 0 Å². The zero-order valence-electron chi connectivity index (χ0n) is 18.2. The van der Waals surface area contributed by atoms with E-state index in [9.17, 15) is 19.2 Å². The van der Waals surface area contributed by atoms with Crippen LogP contribution in [0.15, 0.2) is 0 Å². The Labute approximate surface area is 183 Å². The van der Waals surface area contributed by atoms with Crippen molar-refractivity contribution in [2.75, 3.05) is 13.1 Å². The molecule has 0 spiro atoms. The second-order valence-electron chi connectivity index (χ2n) is 8.32. The Morgan fingerprint density at radius 2 is 1.70 bits per heavy atom. The van der Waals surface area contributed by atoms with E-state index in [0.29, 0.717) is 37.3 Å². The van der Waals surface area contributed by atoms with Gasteiger partial charge in [0.1, 0.15) is 23.9 Å². The van der Waals surface area contributed by atoms with Crippen LogP contribution >= 0.6 is 12.2 Å². The molecule has 0 unspecified atom stereocenters. The maximum absolute atomic E-state index is 13.4. The molecule has 168 valence electrons. The van der Waals surface area contributed by atoms with Gasteiger partial charge in [-0.15, -0.1) is 0 Å². The lowest BCUT2D eigenvalue weighted by atomic mass is 9.97. The van der Waals surface area contributed by atoms with Gasteiger partial charge in [0.2, 0.25) is 17.7 Å². The molecule has 2 heterocycles. The van der Waals surface area contributed by atoms with Crippen LogP contribution in [0.2, 0.25) is 0 Å². The van der Waals surface area contributed by atoms with Gasteiger partial charge in [-0.05, 0) is 46.0 Å². The first-order chi connectivity index (χ1) is 14.2. The van der Waals surface area contributed by atoms with E-state index in [1.807, 2.05) is 4.90 Å². The van der Waals surface area contributed by atoms with E-state index in [-0.39, 0.29) is 23.5 Å². The summed E-state index contributed by atoms with van der Waals surface area (Å²) in [4.78, 5) is 53.5. The van der Waals surface area contributed by atoms with Crippen LogP contribution in [0.25, 0.3) is 0 Å². The Hall–Kier alpha value is -2.03. The second kappa shape index (κ2) is 10.8. The van der Waals surface area contributed by atoms with Gasteiger partial charge in [0, 0.05) is 13.1 Å². The highest BCUT2D eigenvalue weighted by molar-refractivity contribution is 7.80. The molecule has 30 heavy (non-hydrogen) atoms. The Kier molecular flexibility index (Phi) is 8.76. The Bertz CT molecular complexity index is 698. The highest BCUT2D eigenvalue weighted by Crippen LogP contribution is 2.28. The number of thiocarbonyl (C=S) groups is 1. The third kappa shape index (κ3) is 5.56. The monoisotopic (exact) mass is 438 g/mol. The van der Waals surface area contributed by atoms with Crippen LogP contribution in [0, 0.1) is 5.92 Å². The fourth-order valence-electron chi connectivity index (χ4n) is 4.27. The van der Waals surface area contributed by atoms with E-state index in [1.54, 1.807) is 11.8 Å². The van der Waals surface area contributed by atoms with Crippen molar-refractivity contribution in [3.63, 3.8) is 0 Å². The number of nitrogens with two attached hydrogens (primary N) is 1. The lowest BCUT2D eigenvalue weighted by Crippen LogP contribution is -2.55. The summed E-state index contributed by atoms with van der Waals surface area (Å²) < 4.78 is 0. The van der Waals surface area contributed by atoms with E-state index < -0.39 is 24.0 Å². The number of likely N-dealkylation sites (tertiary alicyclic amines) is 2. The highest BCUT2D eigenvalue weighted by atomic mass is 32.1. The average molecular weight is 439 g/mol. The maximum Gasteiger partial charge on any atom is 0.245 e. The number of carbonyl (C=O) groups is 4. The van der Waals surface area contributed by atoms with Crippen LogP contribution in [0.4, 0.5) is 0 Å². The van der Waals surface area contributed by atoms with E-state index in [4.69, 9.17) is 18.0 Å². The molecule has 3 N–H and O–H groups in total. The molecule has 0 aliphatic carbocycles. The number of nitrogens with zero attached hydrogens (tertiary/aromatic N) is 2. The SMILES string of the molecule is CCCC[C@H](C(C)=O)C(=S)N1CCC[C@H]1C(=O)N1CCC[C@H]1C(=O)N[C@@H](C)C(N)=O. The molecule has 0 aromatic carbocycles. The summed E-state index contributed by atoms with van der Waals surface area (Å²) in [5.41, 5.74) is 5.23. The number of rotatable bonds is 9. The molecule has 0 aromatic heterocycles. The van der Waals surface area contributed by atoms with Crippen molar-refractivity contribution in [1.82, 2.24) is 15.1 Å². The van der Waals surface area contributed by atoms with Crippen molar-refractivity contribution in [2.45, 2.75) is 83.8 Å². The molecule has 2 fully saturated rings. The number of unbranched alkanes of at least 4 members (excludes halogenated alkanes) is 1. The number of Topliss-reactive ketones (excluding diaryl/α,β-unsaturated/α-hetero) is 1. The molecular weight excluding hydrogens is 404 g/mol. The van der Waals surface area contributed by atoms with Gasteiger partial charge in [-0.3, -0.25) is 19.2 Å². The number of hydrogen-bond donors (Lipinski definition) is 2. The third-order valence-electron chi connectivity index (χ3n) is 6.08. The molecule has 3 amide bonds. The molecule has 2 aliphatic heterocycles. The van der Waals surface area contributed by atoms with Crippen molar-refractivity contribution >= 4 is 40.7 Å². The van der Waals surface area contributed by atoms with Crippen LogP contribution in [0.3, 0.4) is 0 Å². The molecule has 8 nitrogen and oxygen atoms in total. The predicted octanol–water partition coefficient (Wildman–Crippen LogP) is 1.15. The van der Waals surface area contributed by atoms with Crippen LogP contribution in [0.5, 0.6) is 0 Å². The van der Waals surface area contributed by atoms with E-state index in [1.165, 1.54) is 6.92 Å². The number of carbonyl (C=O) groups excluding carboxylic acids is 4. The normalized spacial score (nSPS) is 23.2. The van der Waals surface area contributed by atoms with Crippen LogP contribution in [-0.4, -0.2) is 69.5 Å². The first-order valence-electron chi connectivity index (χ1n) is 10.9. The first-order valence-corrected chi connectivity index (χ1v) is 11.3. The molecule has 2 rings (SSSR count). The van der Waals surface area contributed by atoms with E-state index in [2.05, 4.69) is 12.2 Å². The molecule has 0 aromatic rings. The lowest BCUT2D eigenvalue weighted by Gasteiger charge is -2.34. The van der Waals surface area contributed by atoms with Crippen LogP contribution in [-0.2, 0) is 19.2 Å². The van der Waals surface area contributed by atoms with Gasteiger partial charge in [-0.2, -0.15) is 0 Å². The van der Waals surface area contributed by atoms with Crippen molar-refractivity contribution in [2.24, 2.45) is 11.7 Å². The summed E-state index contributed by atoms with van der Waals surface area (Å²) in [6.07, 6.45) is 5.32. The summed E-state index contributed by atoms with van der Waals surface area (Å²) in [5, 5.41) is 2.60. The summed E-state index contributed by atoms with van der Waals surface area (Å²) in [7, 11) is 0. The highest BCUT2D eigenvalue weighted by Gasteiger charge is 2.42. The first kappa shape index (κ1) is 24.2. The number of primary amides is 1. The van der Waals surface area contributed by atoms with Crippen molar-refractivity contribution in [1.29, 1.82) is 0 Å². The van der Waals surface area contributed by atoms with Gasteiger partial charge in [0.15, 0.2) is 0 Å². The minimum absolute atomic E-state index is 0.0328. The minimum Gasteiger partial charge on any atom is -0.368 e. The average Bonchev–Trinajstić information content (AvgIpc) is 3.36. The van der Waals surface area contributed by atoms with Gasteiger partial charge in [-0.25, -0.2) is 0 Å². The molecule has 2 aliphatic rings. The molecule has 9 heteroatoms. The van der Waals surface area contributed by atoms with E-state index >= 15 is 0 Å². The largest absolute Gasteiger partial charge is 0.368 e. The minimum atomic E-state index is -0.791. The molecular formula is C21H34N4O4S. The molecule has 2 saturated heterocycles.